The molecule has 0 atom stereocenters. The van der Waals surface area contributed by atoms with E-state index in [1.54, 1.807) is 13.2 Å². The Balaban J connectivity index is 1.77. The number of hydrogen-bond donors (Lipinski definition) is 1. The van der Waals surface area contributed by atoms with Gasteiger partial charge in [0.2, 0.25) is 5.88 Å². The standard InChI is InChI=1S/C17H28N4O2/c1-4-23-16-15(6-5-9-19-16)12-20-17(18-2)21(3)10-11-22-13-14-7-8-14/h5-6,9,14H,4,7-8,10-13H2,1-3H3,(H,18,20). The van der Waals surface area contributed by atoms with Crippen LogP contribution in [0.3, 0.4) is 0 Å². The lowest BCUT2D eigenvalue weighted by molar-refractivity contribution is 0.115. The number of hydrogen-bond acceptors (Lipinski definition) is 4. The fourth-order valence-electron chi connectivity index (χ4n) is 2.23. The Morgan fingerprint density at radius 2 is 2.30 bits per heavy atom. The Morgan fingerprint density at radius 1 is 1.48 bits per heavy atom. The topological polar surface area (TPSA) is 59.0 Å². The first-order chi connectivity index (χ1) is 11.2. The molecule has 1 fully saturated rings. The molecule has 1 aromatic heterocycles. The van der Waals surface area contributed by atoms with E-state index in [2.05, 4.69) is 20.2 Å². The molecule has 6 nitrogen and oxygen atoms in total. The number of pyridine rings is 1. The molecular formula is C17H28N4O2. The van der Waals surface area contributed by atoms with Gasteiger partial charge in [-0.15, -0.1) is 0 Å². The van der Waals surface area contributed by atoms with Crippen LogP contribution in [0.15, 0.2) is 23.3 Å². The summed E-state index contributed by atoms with van der Waals surface area (Å²) in [6.45, 7) is 5.64. The maximum atomic E-state index is 5.68. The predicted octanol–water partition coefficient (Wildman–Crippen LogP) is 1.91. The minimum atomic E-state index is 0.608. The number of likely N-dealkylation sites (N-methyl/N-ethyl adjacent to an activating group) is 1. The molecular weight excluding hydrogens is 292 g/mol. The van der Waals surface area contributed by atoms with Crippen molar-refractivity contribution in [3.8, 4) is 5.88 Å². The smallest absolute Gasteiger partial charge is 0.218 e. The van der Waals surface area contributed by atoms with Crippen LogP contribution >= 0.6 is 0 Å². The third kappa shape index (κ3) is 6.06. The van der Waals surface area contributed by atoms with Crippen LogP contribution in [0.25, 0.3) is 0 Å². The van der Waals surface area contributed by atoms with Crippen LogP contribution in [-0.4, -0.2) is 56.3 Å². The summed E-state index contributed by atoms with van der Waals surface area (Å²) in [6, 6.07) is 3.93. The van der Waals surface area contributed by atoms with Crippen molar-refractivity contribution in [3.63, 3.8) is 0 Å². The quantitative estimate of drug-likeness (QED) is 0.428. The van der Waals surface area contributed by atoms with Gasteiger partial charge in [-0.3, -0.25) is 4.99 Å². The van der Waals surface area contributed by atoms with E-state index in [0.29, 0.717) is 19.0 Å². The monoisotopic (exact) mass is 320 g/mol. The number of nitrogens with zero attached hydrogens (tertiary/aromatic N) is 3. The second kappa shape index (κ2) is 9.35. The molecule has 1 aromatic rings. The van der Waals surface area contributed by atoms with Crippen molar-refractivity contribution in [2.24, 2.45) is 10.9 Å². The molecule has 0 unspecified atom stereocenters. The lowest BCUT2D eigenvalue weighted by atomic mass is 10.2. The SMILES string of the molecule is CCOc1ncccc1CNC(=NC)N(C)CCOCC1CC1. The Kier molecular flexibility index (Phi) is 7.13. The van der Waals surface area contributed by atoms with E-state index in [1.807, 2.05) is 26.1 Å². The van der Waals surface area contributed by atoms with E-state index in [4.69, 9.17) is 9.47 Å². The molecule has 1 aliphatic rings. The van der Waals surface area contributed by atoms with Gasteiger partial charge in [-0.2, -0.15) is 0 Å². The highest BCUT2D eigenvalue weighted by Gasteiger charge is 2.21. The second-order valence-electron chi connectivity index (χ2n) is 5.74. The van der Waals surface area contributed by atoms with E-state index in [-0.39, 0.29) is 0 Å². The molecule has 0 aromatic carbocycles. The number of rotatable bonds is 9. The maximum absolute atomic E-state index is 5.68. The summed E-state index contributed by atoms with van der Waals surface area (Å²) < 4.78 is 11.2. The van der Waals surface area contributed by atoms with E-state index in [0.717, 1.165) is 37.2 Å². The highest BCUT2D eigenvalue weighted by molar-refractivity contribution is 5.79. The molecule has 0 aliphatic heterocycles. The van der Waals surface area contributed by atoms with E-state index in [1.165, 1.54) is 12.8 Å². The molecule has 2 rings (SSSR count). The molecule has 1 N–H and O–H groups in total. The summed E-state index contributed by atoms with van der Waals surface area (Å²) in [6.07, 6.45) is 4.39. The Bertz CT molecular complexity index is 503. The zero-order chi connectivity index (χ0) is 16.5. The van der Waals surface area contributed by atoms with Crippen LogP contribution in [0.4, 0.5) is 0 Å². The first-order valence-electron chi connectivity index (χ1n) is 8.30. The zero-order valence-electron chi connectivity index (χ0n) is 14.4. The van der Waals surface area contributed by atoms with Crippen molar-refractivity contribution in [2.45, 2.75) is 26.3 Å². The number of aliphatic imine (C=N–C) groups is 1. The molecule has 0 bridgehead atoms. The number of ether oxygens (including phenoxy) is 2. The van der Waals surface area contributed by atoms with Crippen molar-refractivity contribution < 1.29 is 9.47 Å². The van der Waals surface area contributed by atoms with Crippen LogP contribution in [-0.2, 0) is 11.3 Å². The molecule has 6 heteroatoms. The van der Waals surface area contributed by atoms with E-state index < -0.39 is 0 Å². The number of guanidine groups is 1. The summed E-state index contributed by atoms with van der Waals surface area (Å²) in [4.78, 5) is 10.7. The minimum Gasteiger partial charge on any atom is -0.478 e. The summed E-state index contributed by atoms with van der Waals surface area (Å²) in [7, 11) is 3.80. The molecule has 1 aliphatic carbocycles. The van der Waals surface area contributed by atoms with Gasteiger partial charge < -0.3 is 19.7 Å². The highest BCUT2D eigenvalue weighted by atomic mass is 16.5. The van der Waals surface area contributed by atoms with Gasteiger partial charge in [0, 0.05) is 45.6 Å². The third-order valence-electron chi connectivity index (χ3n) is 3.76. The first-order valence-corrected chi connectivity index (χ1v) is 8.30. The normalized spacial score (nSPS) is 14.7. The van der Waals surface area contributed by atoms with Crippen LogP contribution in [0, 0.1) is 5.92 Å². The molecule has 0 saturated heterocycles. The average Bonchev–Trinajstić information content (AvgIpc) is 3.38. The second-order valence-corrected chi connectivity index (χ2v) is 5.74. The maximum Gasteiger partial charge on any atom is 0.218 e. The summed E-state index contributed by atoms with van der Waals surface area (Å²) >= 11 is 0. The molecule has 23 heavy (non-hydrogen) atoms. The van der Waals surface area contributed by atoms with Gasteiger partial charge >= 0.3 is 0 Å². The van der Waals surface area contributed by atoms with Gasteiger partial charge in [0.25, 0.3) is 0 Å². The fourth-order valence-corrected chi connectivity index (χ4v) is 2.23. The van der Waals surface area contributed by atoms with Crippen LogP contribution in [0.5, 0.6) is 5.88 Å². The number of nitrogens with one attached hydrogen (secondary N) is 1. The average molecular weight is 320 g/mol. The van der Waals surface area contributed by atoms with Crippen molar-refractivity contribution in [1.29, 1.82) is 0 Å². The molecule has 0 amide bonds. The van der Waals surface area contributed by atoms with Gasteiger partial charge in [0.1, 0.15) is 0 Å². The molecule has 128 valence electrons. The third-order valence-corrected chi connectivity index (χ3v) is 3.76. The van der Waals surface area contributed by atoms with Crippen LogP contribution in [0.1, 0.15) is 25.3 Å². The van der Waals surface area contributed by atoms with Crippen molar-refractivity contribution >= 4 is 5.96 Å². The molecule has 0 spiro atoms. The van der Waals surface area contributed by atoms with Crippen LogP contribution in [0.2, 0.25) is 0 Å². The van der Waals surface area contributed by atoms with Gasteiger partial charge in [0.05, 0.1) is 13.2 Å². The van der Waals surface area contributed by atoms with Crippen molar-refractivity contribution in [3.05, 3.63) is 23.9 Å². The Labute approximate surface area is 138 Å². The summed E-state index contributed by atoms with van der Waals surface area (Å²) in [5.41, 5.74) is 1.02. The largest absolute Gasteiger partial charge is 0.478 e. The van der Waals surface area contributed by atoms with Crippen molar-refractivity contribution in [2.75, 3.05) is 40.5 Å². The van der Waals surface area contributed by atoms with Gasteiger partial charge in [-0.25, -0.2) is 4.98 Å². The van der Waals surface area contributed by atoms with Crippen molar-refractivity contribution in [1.82, 2.24) is 15.2 Å². The lowest BCUT2D eigenvalue weighted by Crippen LogP contribution is -2.40. The minimum absolute atomic E-state index is 0.608. The number of aromatic nitrogens is 1. The Hall–Kier alpha value is -1.82. The lowest BCUT2D eigenvalue weighted by Gasteiger charge is -2.22. The Morgan fingerprint density at radius 3 is 3.00 bits per heavy atom. The first kappa shape index (κ1) is 17.5. The molecule has 0 radical (unpaired) electrons. The predicted molar refractivity (Wildman–Crippen MR) is 91.8 cm³/mol. The van der Waals surface area contributed by atoms with Gasteiger partial charge in [-0.05, 0) is 31.7 Å². The molecule has 1 heterocycles. The molecule has 1 saturated carbocycles. The summed E-state index contributed by atoms with van der Waals surface area (Å²) in [5, 5.41) is 3.35. The van der Waals surface area contributed by atoms with E-state index >= 15 is 0 Å². The van der Waals surface area contributed by atoms with Crippen LogP contribution < -0.4 is 10.1 Å². The van der Waals surface area contributed by atoms with Gasteiger partial charge in [0.15, 0.2) is 5.96 Å². The summed E-state index contributed by atoms with van der Waals surface area (Å²) in [5.74, 6) is 2.32. The van der Waals surface area contributed by atoms with E-state index in [9.17, 15) is 0 Å². The van der Waals surface area contributed by atoms with Gasteiger partial charge in [-0.1, -0.05) is 6.07 Å². The zero-order valence-corrected chi connectivity index (χ0v) is 14.4. The highest BCUT2D eigenvalue weighted by Crippen LogP contribution is 2.28. The fraction of sp³-hybridized carbons (Fsp3) is 0.647.